The zero-order valence-electron chi connectivity index (χ0n) is 10.1. The number of likely N-dealkylation sites (N-methyl/N-ethyl adjacent to an activating group) is 1. The summed E-state index contributed by atoms with van der Waals surface area (Å²) >= 11 is 7.74. The van der Waals surface area contributed by atoms with E-state index in [1.165, 1.54) is 10.9 Å². The van der Waals surface area contributed by atoms with Crippen LogP contribution in [0.15, 0.2) is 35.7 Å². The van der Waals surface area contributed by atoms with Crippen LogP contribution in [0, 0.1) is 5.82 Å². The second kappa shape index (κ2) is 6.32. The molecule has 4 heteroatoms. The highest BCUT2D eigenvalue weighted by molar-refractivity contribution is 7.10. The molecule has 2 aromatic rings. The molecule has 0 saturated heterocycles. The number of halogens is 2. The molecular weight excluding hydrogens is 269 g/mol. The van der Waals surface area contributed by atoms with Crippen LogP contribution < -0.4 is 5.32 Å². The van der Waals surface area contributed by atoms with Crippen LogP contribution in [0.1, 0.15) is 23.4 Å². The van der Waals surface area contributed by atoms with E-state index in [9.17, 15) is 4.39 Å². The van der Waals surface area contributed by atoms with Crippen LogP contribution in [-0.2, 0) is 6.42 Å². The maximum absolute atomic E-state index is 13.8. The van der Waals surface area contributed by atoms with Crippen molar-refractivity contribution in [1.29, 1.82) is 0 Å². The van der Waals surface area contributed by atoms with E-state index in [-0.39, 0.29) is 11.9 Å². The van der Waals surface area contributed by atoms with Gasteiger partial charge in [-0.2, -0.15) is 0 Å². The van der Waals surface area contributed by atoms with E-state index in [1.807, 2.05) is 18.4 Å². The Labute approximate surface area is 116 Å². The van der Waals surface area contributed by atoms with E-state index in [1.54, 1.807) is 23.5 Å². The lowest BCUT2D eigenvalue weighted by molar-refractivity contribution is 0.534. The molecule has 0 spiro atoms. The molecule has 1 heterocycles. The Morgan fingerprint density at radius 1 is 1.33 bits per heavy atom. The van der Waals surface area contributed by atoms with E-state index in [0.29, 0.717) is 17.0 Å². The Morgan fingerprint density at radius 3 is 2.78 bits per heavy atom. The Balaban J connectivity index is 2.24. The summed E-state index contributed by atoms with van der Waals surface area (Å²) in [5.74, 6) is -0.234. The van der Waals surface area contributed by atoms with E-state index in [2.05, 4.69) is 11.4 Å². The van der Waals surface area contributed by atoms with Crippen LogP contribution >= 0.6 is 22.9 Å². The second-order valence-corrected chi connectivity index (χ2v) is 5.42. The van der Waals surface area contributed by atoms with Gasteiger partial charge in [0.25, 0.3) is 0 Å². The van der Waals surface area contributed by atoms with Crippen LogP contribution in [0.5, 0.6) is 0 Å². The Morgan fingerprint density at radius 2 is 2.17 bits per heavy atom. The first-order chi connectivity index (χ1) is 8.72. The first kappa shape index (κ1) is 13.5. The van der Waals surface area contributed by atoms with Crippen molar-refractivity contribution in [3.8, 4) is 0 Å². The zero-order chi connectivity index (χ0) is 13.0. The first-order valence-electron chi connectivity index (χ1n) is 5.92. The smallest absolute Gasteiger partial charge is 0.127 e. The number of hydrogen-bond acceptors (Lipinski definition) is 2. The topological polar surface area (TPSA) is 12.0 Å². The van der Waals surface area contributed by atoms with Gasteiger partial charge in [-0.25, -0.2) is 4.39 Å². The molecule has 96 valence electrons. The molecule has 0 aliphatic heterocycles. The first-order valence-corrected chi connectivity index (χ1v) is 7.17. The highest BCUT2D eigenvalue weighted by Crippen LogP contribution is 2.27. The fraction of sp³-hybridized carbons (Fsp3) is 0.286. The summed E-state index contributed by atoms with van der Waals surface area (Å²) in [6.45, 7) is 2.89. The fourth-order valence-electron chi connectivity index (χ4n) is 1.94. The van der Waals surface area contributed by atoms with Crippen LogP contribution in [0.2, 0.25) is 5.02 Å². The Bertz CT molecular complexity index is 478. The van der Waals surface area contributed by atoms with Crippen LogP contribution in [-0.4, -0.2) is 6.54 Å². The highest BCUT2D eigenvalue weighted by atomic mass is 35.5. The lowest BCUT2D eigenvalue weighted by Crippen LogP contribution is -2.22. The SMILES string of the molecule is CCNC(Cc1c(F)cccc1Cl)c1cccs1. The number of rotatable bonds is 5. The number of benzene rings is 1. The van der Waals surface area contributed by atoms with Crippen molar-refractivity contribution in [3.63, 3.8) is 0 Å². The van der Waals surface area contributed by atoms with Crippen molar-refractivity contribution in [2.45, 2.75) is 19.4 Å². The van der Waals surface area contributed by atoms with E-state index in [0.717, 1.165) is 6.54 Å². The number of hydrogen-bond donors (Lipinski definition) is 1. The van der Waals surface area contributed by atoms with Gasteiger partial charge in [-0.3, -0.25) is 0 Å². The van der Waals surface area contributed by atoms with Gasteiger partial charge in [-0.1, -0.05) is 30.7 Å². The van der Waals surface area contributed by atoms with Gasteiger partial charge in [0.2, 0.25) is 0 Å². The van der Waals surface area contributed by atoms with Gasteiger partial charge >= 0.3 is 0 Å². The van der Waals surface area contributed by atoms with Crippen LogP contribution in [0.3, 0.4) is 0 Å². The molecule has 1 atom stereocenters. The fourth-order valence-corrected chi connectivity index (χ4v) is 2.98. The third kappa shape index (κ3) is 3.10. The summed E-state index contributed by atoms with van der Waals surface area (Å²) in [5, 5.41) is 5.90. The van der Waals surface area contributed by atoms with Crippen molar-refractivity contribution < 1.29 is 4.39 Å². The van der Waals surface area contributed by atoms with Gasteiger partial charge in [-0.05, 0) is 36.5 Å². The zero-order valence-corrected chi connectivity index (χ0v) is 11.7. The predicted octanol–water partition coefficient (Wildman–Crippen LogP) is 4.43. The van der Waals surface area contributed by atoms with Gasteiger partial charge in [0, 0.05) is 21.5 Å². The van der Waals surface area contributed by atoms with E-state index < -0.39 is 0 Å². The maximum Gasteiger partial charge on any atom is 0.127 e. The minimum absolute atomic E-state index is 0.115. The lowest BCUT2D eigenvalue weighted by atomic mass is 10.0. The monoisotopic (exact) mass is 283 g/mol. The largest absolute Gasteiger partial charge is 0.309 e. The van der Waals surface area contributed by atoms with Gasteiger partial charge in [-0.15, -0.1) is 11.3 Å². The van der Waals surface area contributed by atoms with Crippen molar-refractivity contribution in [1.82, 2.24) is 5.32 Å². The van der Waals surface area contributed by atoms with E-state index in [4.69, 9.17) is 11.6 Å². The Hall–Kier alpha value is -0.900. The summed E-state index contributed by atoms with van der Waals surface area (Å²) in [5.41, 5.74) is 0.582. The number of thiophene rings is 1. The molecule has 0 radical (unpaired) electrons. The van der Waals surface area contributed by atoms with Crippen LogP contribution in [0.25, 0.3) is 0 Å². The Kier molecular flexibility index (Phi) is 4.75. The standard InChI is InChI=1S/C14H15ClFNS/c1-2-17-13(14-7-4-8-18-14)9-10-11(15)5-3-6-12(10)16/h3-8,13,17H,2,9H2,1H3. The molecule has 1 aromatic carbocycles. The van der Waals surface area contributed by atoms with Gasteiger partial charge < -0.3 is 5.32 Å². The van der Waals surface area contributed by atoms with Gasteiger partial charge in [0.1, 0.15) is 5.82 Å². The molecular formula is C14H15ClFNS. The van der Waals surface area contributed by atoms with Gasteiger partial charge in [0.15, 0.2) is 0 Å². The highest BCUT2D eigenvalue weighted by Gasteiger charge is 2.16. The summed E-state index contributed by atoms with van der Waals surface area (Å²) in [7, 11) is 0. The number of nitrogens with one attached hydrogen (secondary N) is 1. The molecule has 0 bridgehead atoms. The molecule has 0 aliphatic rings. The van der Waals surface area contributed by atoms with Crippen molar-refractivity contribution in [3.05, 3.63) is 57.0 Å². The molecule has 1 aromatic heterocycles. The predicted molar refractivity (Wildman–Crippen MR) is 75.9 cm³/mol. The quantitative estimate of drug-likeness (QED) is 0.856. The average Bonchev–Trinajstić information content (AvgIpc) is 2.86. The molecule has 0 aliphatic carbocycles. The van der Waals surface area contributed by atoms with E-state index >= 15 is 0 Å². The van der Waals surface area contributed by atoms with Crippen molar-refractivity contribution in [2.75, 3.05) is 6.54 Å². The average molecular weight is 284 g/mol. The molecule has 1 N–H and O–H groups in total. The summed E-state index contributed by atoms with van der Waals surface area (Å²) in [6.07, 6.45) is 0.569. The molecule has 0 fully saturated rings. The van der Waals surface area contributed by atoms with Gasteiger partial charge in [0.05, 0.1) is 0 Å². The second-order valence-electron chi connectivity index (χ2n) is 4.03. The molecule has 2 rings (SSSR count). The molecule has 0 amide bonds. The minimum Gasteiger partial charge on any atom is -0.309 e. The summed E-state index contributed by atoms with van der Waals surface area (Å²) < 4.78 is 13.8. The van der Waals surface area contributed by atoms with Crippen LogP contribution in [0.4, 0.5) is 4.39 Å². The summed E-state index contributed by atoms with van der Waals surface area (Å²) in [6, 6.07) is 9.01. The summed E-state index contributed by atoms with van der Waals surface area (Å²) in [4.78, 5) is 1.20. The molecule has 0 saturated carbocycles. The maximum atomic E-state index is 13.8. The minimum atomic E-state index is -0.234. The lowest BCUT2D eigenvalue weighted by Gasteiger charge is -2.17. The van der Waals surface area contributed by atoms with Crippen molar-refractivity contribution >= 4 is 22.9 Å². The normalized spacial score (nSPS) is 12.6. The van der Waals surface area contributed by atoms with Crippen molar-refractivity contribution in [2.24, 2.45) is 0 Å². The third-order valence-electron chi connectivity index (χ3n) is 2.81. The molecule has 1 nitrogen and oxygen atoms in total. The third-order valence-corrected chi connectivity index (χ3v) is 4.15. The molecule has 18 heavy (non-hydrogen) atoms. The molecule has 1 unspecified atom stereocenters.